The summed E-state index contributed by atoms with van der Waals surface area (Å²) in [5, 5.41) is 0. The van der Waals surface area contributed by atoms with E-state index in [1.165, 1.54) is 7.11 Å². The quantitative estimate of drug-likeness (QED) is 0.516. The van der Waals surface area contributed by atoms with Crippen LogP contribution >= 0.6 is 0 Å². The van der Waals surface area contributed by atoms with Gasteiger partial charge in [0.05, 0.1) is 18.8 Å². The Labute approximate surface area is 119 Å². The summed E-state index contributed by atoms with van der Waals surface area (Å²) in [5.74, 6) is 5.68. The van der Waals surface area contributed by atoms with Crippen LogP contribution in [0.3, 0.4) is 0 Å². The molecule has 6 nitrogen and oxygen atoms in total. The molecule has 0 saturated carbocycles. The molecule has 1 aromatic rings. The molecule has 0 heterocycles. The second-order valence-electron chi connectivity index (χ2n) is 4.03. The predicted molar refractivity (Wildman–Crippen MR) is 79.5 cm³/mol. The van der Waals surface area contributed by atoms with Gasteiger partial charge in [-0.1, -0.05) is 11.8 Å². The zero-order valence-electron chi connectivity index (χ0n) is 11.6. The van der Waals surface area contributed by atoms with Crippen molar-refractivity contribution in [3.63, 3.8) is 0 Å². The smallest absolute Gasteiger partial charge is 0.299 e. The third-order valence-electron chi connectivity index (χ3n) is 2.40. The Hall–Kier alpha value is -1.59. The van der Waals surface area contributed by atoms with Gasteiger partial charge in [-0.05, 0) is 30.7 Å². The van der Waals surface area contributed by atoms with Crippen molar-refractivity contribution in [2.75, 3.05) is 31.5 Å². The van der Waals surface area contributed by atoms with Crippen LogP contribution < -0.4 is 15.2 Å². The second kappa shape index (κ2) is 7.87. The summed E-state index contributed by atoms with van der Waals surface area (Å²) < 4.78 is 33.0. The molecule has 7 heteroatoms. The van der Waals surface area contributed by atoms with E-state index in [1.54, 1.807) is 18.2 Å². The van der Waals surface area contributed by atoms with Crippen molar-refractivity contribution in [1.82, 2.24) is 4.72 Å². The Morgan fingerprint density at radius 2 is 2.15 bits per heavy atom. The van der Waals surface area contributed by atoms with E-state index in [-0.39, 0.29) is 13.1 Å². The minimum absolute atomic E-state index is 0.213. The second-order valence-corrected chi connectivity index (χ2v) is 5.53. The van der Waals surface area contributed by atoms with Crippen LogP contribution in [0.25, 0.3) is 0 Å². The van der Waals surface area contributed by atoms with Crippen molar-refractivity contribution in [3.8, 4) is 11.8 Å². The molecule has 1 aromatic carbocycles. The van der Waals surface area contributed by atoms with E-state index in [1.807, 2.05) is 6.92 Å². The minimum Gasteiger partial charge on any atom is -0.383 e. The summed E-state index contributed by atoms with van der Waals surface area (Å²) in [5.41, 5.74) is 7.49. The molecule has 0 amide bonds. The molecule has 0 aliphatic carbocycles. The standard InChI is InChI=1S/C13H19N3O3S/c1-11-10-13(6-5-12(11)4-3-7-14)16-20(17,18)15-8-9-19-2/h5-6,10,15-16H,7-9,14H2,1-2H3. The topological polar surface area (TPSA) is 93.4 Å². The number of rotatable bonds is 6. The van der Waals surface area contributed by atoms with Gasteiger partial charge in [0.2, 0.25) is 0 Å². The first-order valence-corrected chi connectivity index (χ1v) is 7.53. The molecule has 0 unspecified atom stereocenters. The predicted octanol–water partition coefficient (Wildman–Crippen LogP) is 0.198. The summed E-state index contributed by atoms with van der Waals surface area (Å²) in [6.45, 7) is 2.67. The fourth-order valence-electron chi connectivity index (χ4n) is 1.48. The molecule has 0 fully saturated rings. The van der Waals surface area contributed by atoms with Crippen LogP contribution in [0.4, 0.5) is 5.69 Å². The van der Waals surface area contributed by atoms with E-state index in [0.29, 0.717) is 12.3 Å². The van der Waals surface area contributed by atoms with Gasteiger partial charge in [-0.3, -0.25) is 4.72 Å². The molecule has 110 valence electrons. The average Bonchev–Trinajstić information content (AvgIpc) is 2.37. The van der Waals surface area contributed by atoms with Crippen molar-refractivity contribution < 1.29 is 13.2 Å². The van der Waals surface area contributed by atoms with Gasteiger partial charge >= 0.3 is 0 Å². The van der Waals surface area contributed by atoms with Crippen LogP contribution in [-0.2, 0) is 14.9 Å². The van der Waals surface area contributed by atoms with Crippen molar-refractivity contribution in [1.29, 1.82) is 0 Å². The summed E-state index contributed by atoms with van der Waals surface area (Å²) in [6, 6.07) is 5.13. The number of hydrogen-bond acceptors (Lipinski definition) is 4. The van der Waals surface area contributed by atoms with Gasteiger partial charge in [-0.15, -0.1) is 0 Å². The van der Waals surface area contributed by atoms with Crippen LogP contribution in [0.1, 0.15) is 11.1 Å². The molecule has 1 rings (SSSR count). The fourth-order valence-corrected chi connectivity index (χ4v) is 2.34. The summed E-state index contributed by atoms with van der Waals surface area (Å²) in [7, 11) is -2.08. The first kappa shape index (κ1) is 16.5. The maximum absolute atomic E-state index is 11.7. The molecule has 0 saturated heterocycles. The van der Waals surface area contributed by atoms with Crippen LogP contribution in [-0.4, -0.2) is 35.2 Å². The molecule has 0 radical (unpaired) electrons. The third-order valence-corrected chi connectivity index (χ3v) is 3.49. The van der Waals surface area contributed by atoms with E-state index >= 15 is 0 Å². The van der Waals surface area contributed by atoms with Gasteiger partial charge in [0, 0.05) is 19.2 Å². The molecule has 0 aromatic heterocycles. The monoisotopic (exact) mass is 297 g/mol. The van der Waals surface area contributed by atoms with Crippen LogP contribution in [0.15, 0.2) is 18.2 Å². The van der Waals surface area contributed by atoms with Crippen molar-refractivity contribution in [3.05, 3.63) is 29.3 Å². The van der Waals surface area contributed by atoms with Crippen LogP contribution in [0.2, 0.25) is 0 Å². The van der Waals surface area contributed by atoms with E-state index < -0.39 is 10.2 Å². The highest BCUT2D eigenvalue weighted by Crippen LogP contribution is 2.15. The van der Waals surface area contributed by atoms with Crippen LogP contribution in [0, 0.1) is 18.8 Å². The fraction of sp³-hybridized carbons (Fsp3) is 0.385. The Morgan fingerprint density at radius 1 is 1.40 bits per heavy atom. The lowest BCUT2D eigenvalue weighted by molar-refractivity contribution is 0.204. The van der Waals surface area contributed by atoms with Crippen molar-refractivity contribution in [2.45, 2.75) is 6.92 Å². The number of aryl methyl sites for hydroxylation is 1. The lowest BCUT2D eigenvalue weighted by Crippen LogP contribution is -2.32. The Morgan fingerprint density at radius 3 is 2.75 bits per heavy atom. The van der Waals surface area contributed by atoms with Crippen LogP contribution in [0.5, 0.6) is 0 Å². The number of nitrogens with one attached hydrogen (secondary N) is 2. The number of hydrogen-bond donors (Lipinski definition) is 3. The molecule has 0 aliphatic heterocycles. The Kier molecular flexibility index (Phi) is 6.48. The Bertz CT molecular complexity index is 603. The molecule has 0 atom stereocenters. The lowest BCUT2D eigenvalue weighted by atomic mass is 10.1. The number of anilines is 1. The zero-order chi connectivity index (χ0) is 15.0. The molecular formula is C13H19N3O3S. The van der Waals surface area contributed by atoms with Gasteiger partial charge in [0.15, 0.2) is 0 Å². The van der Waals surface area contributed by atoms with E-state index in [0.717, 1.165) is 11.1 Å². The lowest BCUT2D eigenvalue weighted by Gasteiger charge is -2.10. The van der Waals surface area contributed by atoms with Gasteiger partial charge in [0.1, 0.15) is 0 Å². The summed E-state index contributed by atoms with van der Waals surface area (Å²) in [6.07, 6.45) is 0. The average molecular weight is 297 g/mol. The first-order valence-electron chi connectivity index (χ1n) is 6.04. The Balaban J connectivity index is 2.76. The highest BCUT2D eigenvalue weighted by molar-refractivity contribution is 7.90. The highest BCUT2D eigenvalue weighted by Gasteiger charge is 2.09. The summed E-state index contributed by atoms with van der Waals surface area (Å²) in [4.78, 5) is 0. The largest absolute Gasteiger partial charge is 0.383 e. The molecule has 0 aliphatic rings. The third kappa shape index (κ3) is 5.59. The van der Waals surface area contributed by atoms with Crippen molar-refractivity contribution >= 4 is 15.9 Å². The zero-order valence-corrected chi connectivity index (χ0v) is 12.4. The minimum atomic E-state index is -3.59. The number of methoxy groups -OCH3 is 1. The van der Waals surface area contributed by atoms with Gasteiger partial charge in [0.25, 0.3) is 10.2 Å². The number of benzene rings is 1. The van der Waals surface area contributed by atoms with Gasteiger partial charge < -0.3 is 10.5 Å². The maximum Gasteiger partial charge on any atom is 0.299 e. The van der Waals surface area contributed by atoms with E-state index in [2.05, 4.69) is 21.3 Å². The number of nitrogens with two attached hydrogens (primary N) is 1. The summed E-state index contributed by atoms with van der Waals surface area (Å²) >= 11 is 0. The molecule has 0 spiro atoms. The molecule has 20 heavy (non-hydrogen) atoms. The van der Waals surface area contributed by atoms with Gasteiger partial charge in [-0.25, -0.2) is 0 Å². The molecule has 0 bridgehead atoms. The molecule has 4 N–H and O–H groups in total. The maximum atomic E-state index is 11.7. The normalized spacial score (nSPS) is 10.8. The first-order chi connectivity index (χ1) is 9.48. The van der Waals surface area contributed by atoms with Gasteiger partial charge in [-0.2, -0.15) is 13.1 Å². The van der Waals surface area contributed by atoms with E-state index in [9.17, 15) is 8.42 Å². The van der Waals surface area contributed by atoms with Crippen molar-refractivity contribution in [2.24, 2.45) is 5.73 Å². The number of ether oxygens (including phenoxy) is 1. The van der Waals surface area contributed by atoms with E-state index in [4.69, 9.17) is 10.5 Å². The highest BCUT2D eigenvalue weighted by atomic mass is 32.2. The SMILES string of the molecule is COCCNS(=O)(=O)Nc1ccc(C#CCN)c(C)c1. The molecular weight excluding hydrogens is 278 g/mol.